The summed E-state index contributed by atoms with van der Waals surface area (Å²) in [5.74, 6) is -1.13. The van der Waals surface area contributed by atoms with Crippen molar-refractivity contribution in [1.29, 1.82) is 0 Å². The summed E-state index contributed by atoms with van der Waals surface area (Å²) in [6, 6.07) is 12.2. The van der Waals surface area contributed by atoms with Crippen LogP contribution in [-0.2, 0) is 16.0 Å². The second-order valence-electron chi connectivity index (χ2n) is 10.7. The summed E-state index contributed by atoms with van der Waals surface area (Å²) in [5, 5.41) is 27.3. The van der Waals surface area contributed by atoms with Crippen molar-refractivity contribution in [3.8, 4) is 5.75 Å². The fourth-order valence-corrected chi connectivity index (χ4v) is 6.32. The number of allylic oxidation sites excluding steroid dienone is 1. The lowest BCUT2D eigenvalue weighted by Crippen LogP contribution is -2.58. The van der Waals surface area contributed by atoms with Crippen LogP contribution in [-0.4, -0.2) is 68.2 Å². The number of nitrogens with zero attached hydrogens (tertiary/aromatic N) is 1. The number of aliphatic hydroxyl groups excluding tert-OH is 1. The van der Waals surface area contributed by atoms with E-state index in [-0.39, 0.29) is 29.5 Å². The Morgan fingerprint density at radius 2 is 1.87 bits per heavy atom. The molecule has 4 N–H and O–H groups in total. The van der Waals surface area contributed by atoms with Crippen molar-refractivity contribution in [3.63, 3.8) is 0 Å². The third kappa shape index (κ3) is 6.65. The molecule has 1 aliphatic heterocycles. The zero-order chi connectivity index (χ0) is 28.2. The van der Waals surface area contributed by atoms with Gasteiger partial charge in [0.05, 0.1) is 11.9 Å². The van der Waals surface area contributed by atoms with E-state index in [0.717, 1.165) is 24.8 Å². The highest BCUT2D eigenvalue weighted by Crippen LogP contribution is 2.40. The summed E-state index contributed by atoms with van der Waals surface area (Å²) in [4.78, 5) is 41.7. The predicted octanol–water partition coefficient (Wildman–Crippen LogP) is 3.31. The van der Waals surface area contributed by atoms with E-state index in [1.54, 1.807) is 19.1 Å². The summed E-state index contributed by atoms with van der Waals surface area (Å²) in [6.07, 6.45) is 3.82. The molecule has 3 atom stereocenters. The van der Waals surface area contributed by atoms with Gasteiger partial charge in [0.25, 0.3) is 11.8 Å². The molecule has 3 amide bonds. The highest BCUT2D eigenvalue weighted by atomic mass is 32.2. The maximum atomic E-state index is 13.8. The van der Waals surface area contributed by atoms with Crippen molar-refractivity contribution in [2.24, 2.45) is 0 Å². The molecule has 9 heteroatoms. The zero-order valence-electron chi connectivity index (χ0n) is 22.6. The molecule has 1 aliphatic carbocycles. The van der Waals surface area contributed by atoms with Crippen LogP contribution in [0.1, 0.15) is 54.6 Å². The topological polar surface area (TPSA) is 119 Å². The number of phenols is 1. The minimum absolute atomic E-state index is 0.0163. The Morgan fingerprint density at radius 3 is 2.56 bits per heavy atom. The molecular formula is C30H37N3O5S. The van der Waals surface area contributed by atoms with Gasteiger partial charge in [-0.1, -0.05) is 48.0 Å². The van der Waals surface area contributed by atoms with E-state index < -0.39 is 34.7 Å². The first-order valence-electron chi connectivity index (χ1n) is 13.3. The van der Waals surface area contributed by atoms with Gasteiger partial charge in [0.15, 0.2) is 6.10 Å². The van der Waals surface area contributed by atoms with Crippen LogP contribution < -0.4 is 10.6 Å². The summed E-state index contributed by atoms with van der Waals surface area (Å²) in [6.45, 7) is 5.93. The number of aliphatic hydroxyl groups is 1. The monoisotopic (exact) mass is 551 g/mol. The lowest BCUT2D eigenvalue weighted by Gasteiger charge is -2.33. The number of aromatic hydroxyl groups is 1. The molecule has 0 radical (unpaired) electrons. The molecule has 4 rings (SSSR count). The third-order valence-corrected chi connectivity index (χ3v) is 8.88. The number of hydrogen-bond donors (Lipinski definition) is 4. The fraction of sp³-hybridized carbons (Fsp3) is 0.433. The minimum atomic E-state index is -1.59. The molecule has 0 aromatic heterocycles. The van der Waals surface area contributed by atoms with Crippen molar-refractivity contribution >= 4 is 29.5 Å². The minimum Gasteiger partial charge on any atom is -0.508 e. The number of carbonyl (C=O) groups is 3. The summed E-state index contributed by atoms with van der Waals surface area (Å²) < 4.78 is -0.555. The molecule has 2 aromatic rings. The Morgan fingerprint density at radius 1 is 1.13 bits per heavy atom. The molecule has 208 valence electrons. The number of nitrogens with one attached hydrogen (secondary N) is 2. The molecule has 1 heterocycles. The normalized spacial score (nSPS) is 19.7. The van der Waals surface area contributed by atoms with E-state index in [4.69, 9.17) is 0 Å². The van der Waals surface area contributed by atoms with E-state index >= 15 is 0 Å². The Hall–Kier alpha value is -3.30. The smallest absolute Gasteiger partial charge is 0.254 e. The van der Waals surface area contributed by atoms with Gasteiger partial charge in [0.2, 0.25) is 5.91 Å². The van der Waals surface area contributed by atoms with Crippen molar-refractivity contribution in [2.45, 2.75) is 69.4 Å². The molecule has 0 bridgehead atoms. The van der Waals surface area contributed by atoms with Crippen LogP contribution in [0, 0.1) is 6.92 Å². The van der Waals surface area contributed by atoms with Crippen LogP contribution in [0.3, 0.4) is 0 Å². The van der Waals surface area contributed by atoms with Gasteiger partial charge in [0.1, 0.15) is 11.8 Å². The number of rotatable bonds is 9. The number of phenolic OH excluding ortho intramolecular Hbond substituents is 1. The molecular weight excluding hydrogens is 514 g/mol. The average molecular weight is 552 g/mol. The third-order valence-electron chi connectivity index (χ3n) is 7.50. The van der Waals surface area contributed by atoms with Gasteiger partial charge in [0, 0.05) is 22.4 Å². The first-order valence-corrected chi connectivity index (χ1v) is 14.3. The molecule has 1 saturated heterocycles. The molecule has 3 unspecified atom stereocenters. The van der Waals surface area contributed by atoms with E-state index in [9.17, 15) is 24.6 Å². The van der Waals surface area contributed by atoms with Crippen molar-refractivity contribution in [1.82, 2.24) is 15.5 Å². The van der Waals surface area contributed by atoms with Crippen LogP contribution in [0.4, 0.5) is 0 Å². The number of amides is 3. The van der Waals surface area contributed by atoms with E-state index in [0.29, 0.717) is 12.1 Å². The van der Waals surface area contributed by atoms with Gasteiger partial charge in [-0.2, -0.15) is 0 Å². The number of hydrogen-bond acceptors (Lipinski definition) is 6. The van der Waals surface area contributed by atoms with E-state index in [1.165, 1.54) is 28.3 Å². The second kappa shape index (κ2) is 12.3. The molecule has 2 aliphatic rings. The Balaban J connectivity index is 1.55. The van der Waals surface area contributed by atoms with Crippen LogP contribution in [0.2, 0.25) is 0 Å². The standard InChI is InChI=1S/C30H37N3O5S/c1-19-22(14-9-15-24(19)34)27(36)32-23(16-20-10-5-4-6-11-20)25(35)29(38)33-18-39-30(2,3)26(33)28(37)31-17-21-12-7-8-13-21/h4-6,9-12,14-15,23,25-26,34-35H,7-8,13,16-18H2,1-3H3,(H,31,37)(H,32,36). The van der Waals surface area contributed by atoms with Gasteiger partial charge in [-0.15, -0.1) is 11.8 Å². The molecule has 1 fully saturated rings. The molecule has 0 spiro atoms. The Labute approximate surface area is 233 Å². The first-order chi connectivity index (χ1) is 18.6. The van der Waals surface area contributed by atoms with Crippen LogP contribution >= 0.6 is 11.8 Å². The highest BCUT2D eigenvalue weighted by molar-refractivity contribution is 8.00. The second-order valence-corrected chi connectivity index (χ2v) is 12.3. The summed E-state index contributed by atoms with van der Waals surface area (Å²) >= 11 is 1.48. The number of thioether (sulfide) groups is 1. The maximum absolute atomic E-state index is 13.8. The Bertz CT molecular complexity index is 1250. The lowest BCUT2D eigenvalue weighted by molar-refractivity contribution is -0.147. The predicted molar refractivity (Wildman–Crippen MR) is 152 cm³/mol. The summed E-state index contributed by atoms with van der Waals surface area (Å²) in [7, 11) is 0. The van der Waals surface area contributed by atoms with E-state index in [1.807, 2.05) is 44.2 Å². The van der Waals surface area contributed by atoms with Crippen molar-refractivity contribution in [3.05, 3.63) is 76.9 Å². The SMILES string of the molecule is Cc1c(O)cccc1C(=O)NC(Cc1ccccc1)C(O)C(=O)N1CSC(C)(C)C1C(=O)NCC1=CCCC1. The Kier molecular flexibility index (Phi) is 9.02. The zero-order valence-corrected chi connectivity index (χ0v) is 23.5. The van der Waals surface area contributed by atoms with Crippen molar-refractivity contribution < 1.29 is 24.6 Å². The molecule has 2 aromatic carbocycles. The molecule has 8 nitrogen and oxygen atoms in total. The number of carbonyl (C=O) groups excluding carboxylic acids is 3. The van der Waals surface area contributed by atoms with Gasteiger partial charge >= 0.3 is 0 Å². The maximum Gasteiger partial charge on any atom is 0.254 e. The largest absolute Gasteiger partial charge is 0.508 e. The van der Waals surface area contributed by atoms with E-state index in [2.05, 4.69) is 16.7 Å². The van der Waals surface area contributed by atoms with Gasteiger partial charge in [-0.05, 0) is 64.2 Å². The van der Waals surface area contributed by atoms with Gasteiger partial charge in [-0.3, -0.25) is 14.4 Å². The van der Waals surface area contributed by atoms with Crippen LogP contribution in [0.25, 0.3) is 0 Å². The lowest BCUT2D eigenvalue weighted by atomic mass is 9.96. The highest BCUT2D eigenvalue weighted by Gasteiger charge is 2.49. The van der Waals surface area contributed by atoms with Crippen molar-refractivity contribution in [2.75, 3.05) is 12.4 Å². The van der Waals surface area contributed by atoms with Crippen LogP contribution in [0.15, 0.2) is 60.2 Å². The number of benzene rings is 2. The first kappa shape index (κ1) is 28.7. The average Bonchev–Trinajstić information content (AvgIpc) is 3.55. The summed E-state index contributed by atoms with van der Waals surface area (Å²) in [5.41, 5.74) is 2.68. The fourth-order valence-electron chi connectivity index (χ4n) is 5.18. The van der Waals surface area contributed by atoms with Gasteiger partial charge in [-0.25, -0.2) is 0 Å². The van der Waals surface area contributed by atoms with Crippen LogP contribution in [0.5, 0.6) is 5.75 Å². The van der Waals surface area contributed by atoms with Gasteiger partial charge < -0.3 is 25.7 Å². The molecule has 0 saturated carbocycles. The molecule has 39 heavy (non-hydrogen) atoms. The quantitative estimate of drug-likeness (QED) is 0.355.